The molecule has 9 nitrogen and oxygen atoms in total. The second-order valence-corrected chi connectivity index (χ2v) is 11.7. The molecule has 5 atom stereocenters. The van der Waals surface area contributed by atoms with Crippen molar-refractivity contribution in [3.63, 3.8) is 0 Å². The average molecular weight is 503 g/mol. The number of amides is 2. The predicted molar refractivity (Wildman–Crippen MR) is 144 cm³/mol. The Balaban J connectivity index is 1.11. The molecule has 1 saturated carbocycles. The number of rotatable bonds is 5. The number of fused-ring (bicyclic) bond motifs is 1. The lowest BCUT2D eigenvalue weighted by atomic mass is 9.78. The van der Waals surface area contributed by atoms with Crippen molar-refractivity contribution < 1.29 is 14.1 Å². The average Bonchev–Trinajstić information content (AvgIpc) is 3.36. The predicted octanol–water partition coefficient (Wildman–Crippen LogP) is 5.07. The smallest absolute Gasteiger partial charge is 0.324 e. The van der Waals surface area contributed by atoms with Crippen LogP contribution in [0.3, 0.4) is 0 Å². The Morgan fingerprint density at radius 1 is 1.08 bits per heavy atom. The first kappa shape index (κ1) is 23.9. The van der Waals surface area contributed by atoms with Crippen molar-refractivity contribution in [2.75, 3.05) is 35.4 Å². The third-order valence-corrected chi connectivity index (χ3v) is 8.07. The van der Waals surface area contributed by atoms with E-state index in [0.29, 0.717) is 46.9 Å². The molecule has 4 aliphatic rings. The van der Waals surface area contributed by atoms with Gasteiger partial charge in [-0.2, -0.15) is 5.10 Å². The van der Waals surface area contributed by atoms with Crippen LogP contribution in [0.2, 0.25) is 0 Å². The van der Waals surface area contributed by atoms with Crippen LogP contribution in [0, 0.1) is 42.4 Å². The van der Waals surface area contributed by atoms with Gasteiger partial charge in [-0.25, -0.2) is 4.79 Å². The van der Waals surface area contributed by atoms with Crippen molar-refractivity contribution in [3.05, 3.63) is 47.9 Å². The van der Waals surface area contributed by atoms with E-state index in [9.17, 15) is 4.79 Å². The van der Waals surface area contributed by atoms with E-state index >= 15 is 0 Å². The number of allylic oxidation sites excluding steroid dienone is 1. The zero-order valence-corrected chi connectivity index (χ0v) is 21.7. The van der Waals surface area contributed by atoms with Crippen molar-refractivity contribution in [3.8, 4) is 0 Å². The summed E-state index contributed by atoms with van der Waals surface area (Å²) in [6, 6.07) is 7.23. The van der Waals surface area contributed by atoms with E-state index in [1.165, 1.54) is 0 Å². The van der Waals surface area contributed by atoms with Gasteiger partial charge in [0.15, 0.2) is 5.82 Å². The van der Waals surface area contributed by atoms with Crippen LogP contribution in [0.25, 0.3) is 0 Å². The van der Waals surface area contributed by atoms with Crippen molar-refractivity contribution in [2.45, 2.75) is 33.1 Å². The summed E-state index contributed by atoms with van der Waals surface area (Å²) in [5.41, 5.74) is 2.57. The highest BCUT2D eigenvalue weighted by atomic mass is 16.5. The number of urea groups is 1. The van der Waals surface area contributed by atoms with Gasteiger partial charge in [-0.1, -0.05) is 38.1 Å². The van der Waals surface area contributed by atoms with Crippen LogP contribution in [0.15, 0.2) is 51.2 Å². The molecule has 194 valence electrons. The number of anilines is 3. The number of nitrogens with one attached hydrogen (secondary N) is 2. The SMILES string of the molecule is Cc1ccc(NC(=O)Nc2cc(C(C)(C)C)on2)cc1N1CC(C2C=NC=CC2C2C3COCC32)C=N1. The molecule has 1 aromatic carbocycles. The van der Waals surface area contributed by atoms with E-state index in [0.717, 1.165) is 31.0 Å². The first-order chi connectivity index (χ1) is 17.8. The molecule has 2 amide bonds. The van der Waals surface area contributed by atoms with Crippen molar-refractivity contribution in [2.24, 2.45) is 45.6 Å². The summed E-state index contributed by atoms with van der Waals surface area (Å²) in [6.07, 6.45) is 8.43. The Morgan fingerprint density at radius 3 is 2.65 bits per heavy atom. The number of benzene rings is 1. The van der Waals surface area contributed by atoms with Gasteiger partial charge < -0.3 is 14.6 Å². The Hall–Kier alpha value is -3.46. The van der Waals surface area contributed by atoms with Gasteiger partial charge in [0, 0.05) is 47.6 Å². The molecule has 2 N–H and O–H groups in total. The fourth-order valence-corrected chi connectivity index (χ4v) is 5.94. The van der Waals surface area contributed by atoms with E-state index < -0.39 is 0 Å². The summed E-state index contributed by atoms with van der Waals surface area (Å²) in [5.74, 6) is 4.29. The number of carbonyl (C=O) groups excluding carboxylic acids is 1. The maximum Gasteiger partial charge on any atom is 0.324 e. The second-order valence-electron chi connectivity index (χ2n) is 11.7. The largest absolute Gasteiger partial charge is 0.381 e. The van der Waals surface area contributed by atoms with Crippen molar-refractivity contribution in [1.29, 1.82) is 0 Å². The van der Waals surface area contributed by atoms with Crippen molar-refractivity contribution in [1.82, 2.24) is 5.16 Å². The molecule has 1 saturated heterocycles. The van der Waals surface area contributed by atoms with Crippen LogP contribution < -0.4 is 15.6 Å². The summed E-state index contributed by atoms with van der Waals surface area (Å²) in [7, 11) is 0. The quantitative estimate of drug-likeness (QED) is 0.594. The van der Waals surface area contributed by atoms with E-state index in [1.54, 1.807) is 6.07 Å². The third kappa shape index (κ3) is 4.68. The highest BCUT2D eigenvalue weighted by Crippen LogP contribution is 2.57. The number of nitrogens with zero attached hydrogens (tertiary/aromatic N) is 4. The van der Waals surface area contributed by atoms with Crippen LogP contribution in [-0.4, -0.2) is 43.4 Å². The number of carbonyl (C=O) groups is 1. The minimum Gasteiger partial charge on any atom is -0.381 e. The molecule has 5 unspecified atom stereocenters. The zero-order chi connectivity index (χ0) is 25.7. The second kappa shape index (κ2) is 9.13. The van der Waals surface area contributed by atoms with Gasteiger partial charge >= 0.3 is 6.03 Å². The molecule has 0 bridgehead atoms. The third-order valence-electron chi connectivity index (χ3n) is 8.07. The monoisotopic (exact) mass is 502 g/mol. The molecule has 0 spiro atoms. The molecule has 1 aliphatic carbocycles. The van der Waals surface area contributed by atoms with E-state index in [4.69, 9.17) is 14.4 Å². The van der Waals surface area contributed by atoms with Crippen LogP contribution in [0.4, 0.5) is 22.0 Å². The Bertz CT molecular complexity index is 1260. The maximum atomic E-state index is 12.6. The fourth-order valence-electron chi connectivity index (χ4n) is 5.94. The van der Waals surface area contributed by atoms with Gasteiger partial charge in [-0.3, -0.25) is 15.3 Å². The molecular weight excluding hydrogens is 468 g/mol. The van der Waals surface area contributed by atoms with E-state index in [-0.39, 0.29) is 17.4 Å². The van der Waals surface area contributed by atoms with Gasteiger partial charge in [-0.05, 0) is 48.3 Å². The number of aromatic nitrogens is 1. The van der Waals surface area contributed by atoms with Gasteiger partial charge in [0.2, 0.25) is 0 Å². The lowest BCUT2D eigenvalue weighted by Gasteiger charge is -2.29. The number of hydrogen-bond donors (Lipinski definition) is 2. The molecular formula is C28H34N6O3. The number of hydrogen-bond acceptors (Lipinski definition) is 7. The first-order valence-electron chi connectivity index (χ1n) is 13.0. The van der Waals surface area contributed by atoms with Gasteiger partial charge in [0.1, 0.15) is 5.76 Å². The van der Waals surface area contributed by atoms with Crippen LogP contribution in [0.5, 0.6) is 0 Å². The summed E-state index contributed by atoms with van der Waals surface area (Å²) in [5, 5.41) is 16.4. The van der Waals surface area contributed by atoms with Crippen LogP contribution in [-0.2, 0) is 10.2 Å². The molecule has 9 heteroatoms. The maximum absolute atomic E-state index is 12.6. The Kier molecular flexibility index (Phi) is 5.90. The number of aliphatic imine (C=N–C) groups is 1. The lowest BCUT2D eigenvalue weighted by Crippen LogP contribution is -2.32. The van der Waals surface area contributed by atoms with Gasteiger partial charge in [0.05, 0.1) is 25.4 Å². The number of ether oxygens (including phenoxy) is 1. The van der Waals surface area contributed by atoms with Gasteiger partial charge in [0.25, 0.3) is 0 Å². The standard InChI is InChI=1S/C28H34N6O3/c1-16-5-6-18(31-27(35)32-25-10-24(37-33-25)28(2,3)4)9-23(16)34-13-17(11-30-34)20-12-29-8-7-19(20)26-21-14-36-15-22(21)26/h5-12,17,19-22,26H,13-15H2,1-4H3,(H2,31,32,33,35). The van der Waals surface area contributed by atoms with E-state index in [2.05, 4.69) is 46.2 Å². The summed E-state index contributed by atoms with van der Waals surface area (Å²) < 4.78 is 11.0. The minimum absolute atomic E-state index is 0.185. The normalized spacial score (nSPS) is 30.0. The lowest BCUT2D eigenvalue weighted by molar-refractivity contribution is 0.138. The van der Waals surface area contributed by atoms with Crippen molar-refractivity contribution >= 4 is 35.7 Å². The fraction of sp³-hybridized carbons (Fsp3) is 0.500. The highest BCUT2D eigenvalue weighted by Gasteiger charge is 2.58. The molecule has 0 radical (unpaired) electrons. The number of hydrazone groups is 1. The highest BCUT2D eigenvalue weighted by molar-refractivity contribution is 5.99. The van der Waals surface area contributed by atoms with E-state index in [1.807, 2.05) is 50.2 Å². The molecule has 3 aliphatic heterocycles. The topological polar surface area (TPSA) is 104 Å². The Labute approximate surface area is 217 Å². The minimum atomic E-state index is -0.377. The van der Waals surface area contributed by atoms with Crippen LogP contribution in [0.1, 0.15) is 32.1 Å². The summed E-state index contributed by atoms with van der Waals surface area (Å²) in [6.45, 7) is 10.7. The molecule has 4 heterocycles. The number of aryl methyl sites for hydroxylation is 1. The zero-order valence-electron chi connectivity index (χ0n) is 21.7. The first-order valence-corrected chi connectivity index (χ1v) is 13.0. The Morgan fingerprint density at radius 2 is 1.89 bits per heavy atom. The molecule has 2 aromatic rings. The molecule has 6 rings (SSSR count). The molecule has 2 fully saturated rings. The molecule has 1 aromatic heterocycles. The molecule has 37 heavy (non-hydrogen) atoms. The summed E-state index contributed by atoms with van der Waals surface area (Å²) >= 11 is 0. The van der Waals surface area contributed by atoms with Crippen LogP contribution >= 0.6 is 0 Å². The van der Waals surface area contributed by atoms with Gasteiger partial charge in [-0.15, -0.1) is 0 Å². The summed E-state index contributed by atoms with van der Waals surface area (Å²) in [4.78, 5) is 17.1.